The van der Waals surface area contributed by atoms with Gasteiger partial charge in [0, 0.05) is 5.56 Å². The maximum atomic E-state index is 12.3. The molecule has 124 valence electrons. The largest absolute Gasteiger partial charge is 0.394 e. The normalized spacial score (nSPS) is 12.2. The van der Waals surface area contributed by atoms with Gasteiger partial charge < -0.3 is 10.4 Å². The van der Waals surface area contributed by atoms with Crippen LogP contribution in [0.1, 0.15) is 29.5 Å². The molecule has 24 heavy (non-hydrogen) atoms. The molecule has 0 aliphatic rings. The standard InChI is InChI=1S/C18H20N4O2/c1-2-14(12-23)19-17-9-6-10-18-20-16(21-22(17)18)11-15(24)13-7-4-3-5-8-13/h3-10,14,19,23H,2,11-12H2,1H3. The Morgan fingerprint density at radius 2 is 2.00 bits per heavy atom. The summed E-state index contributed by atoms with van der Waals surface area (Å²) in [6.45, 7) is 2.04. The van der Waals surface area contributed by atoms with Crippen molar-refractivity contribution in [2.24, 2.45) is 0 Å². The van der Waals surface area contributed by atoms with Crippen molar-refractivity contribution in [3.63, 3.8) is 0 Å². The third-order valence-electron chi connectivity index (χ3n) is 3.88. The Bertz CT molecular complexity index is 825. The van der Waals surface area contributed by atoms with Crippen molar-refractivity contribution in [2.75, 3.05) is 11.9 Å². The van der Waals surface area contributed by atoms with Gasteiger partial charge in [-0.2, -0.15) is 4.52 Å². The Morgan fingerprint density at radius 3 is 2.71 bits per heavy atom. The van der Waals surface area contributed by atoms with Crippen LogP contribution in [0.5, 0.6) is 0 Å². The van der Waals surface area contributed by atoms with E-state index in [-0.39, 0.29) is 24.9 Å². The highest BCUT2D eigenvalue weighted by molar-refractivity contribution is 5.97. The van der Waals surface area contributed by atoms with E-state index in [0.717, 1.165) is 12.2 Å². The van der Waals surface area contributed by atoms with Gasteiger partial charge in [-0.05, 0) is 18.6 Å². The zero-order valence-corrected chi connectivity index (χ0v) is 13.5. The Hall–Kier alpha value is -2.73. The number of fused-ring (bicyclic) bond motifs is 1. The van der Waals surface area contributed by atoms with E-state index in [4.69, 9.17) is 0 Å². The number of ketones is 1. The van der Waals surface area contributed by atoms with Crippen LogP contribution in [0.25, 0.3) is 5.65 Å². The summed E-state index contributed by atoms with van der Waals surface area (Å²) in [6.07, 6.45) is 0.948. The number of anilines is 1. The topological polar surface area (TPSA) is 79.5 Å². The summed E-state index contributed by atoms with van der Waals surface area (Å²) in [5.74, 6) is 1.22. The lowest BCUT2D eigenvalue weighted by Gasteiger charge is -2.15. The van der Waals surface area contributed by atoms with Crippen LogP contribution >= 0.6 is 0 Å². The molecule has 3 aromatic rings. The summed E-state index contributed by atoms with van der Waals surface area (Å²) >= 11 is 0. The number of Topliss-reactive ketones (excluding diaryl/α,β-unsaturated/α-hetero) is 1. The molecule has 0 aliphatic heterocycles. The van der Waals surface area contributed by atoms with Crippen LogP contribution in [0.3, 0.4) is 0 Å². The maximum absolute atomic E-state index is 12.3. The van der Waals surface area contributed by atoms with Crippen molar-refractivity contribution in [3.8, 4) is 0 Å². The van der Waals surface area contributed by atoms with Crippen molar-refractivity contribution in [3.05, 3.63) is 59.9 Å². The number of aromatic nitrogens is 3. The number of hydrogen-bond acceptors (Lipinski definition) is 5. The molecule has 6 heteroatoms. The molecule has 3 rings (SSSR count). The van der Waals surface area contributed by atoms with E-state index < -0.39 is 0 Å². The van der Waals surface area contributed by atoms with Crippen LogP contribution in [0.4, 0.5) is 5.82 Å². The molecule has 1 atom stereocenters. The van der Waals surface area contributed by atoms with Gasteiger partial charge in [0.2, 0.25) is 0 Å². The molecule has 0 radical (unpaired) electrons. The number of carbonyl (C=O) groups is 1. The monoisotopic (exact) mass is 324 g/mol. The summed E-state index contributed by atoms with van der Waals surface area (Å²) in [7, 11) is 0. The molecule has 0 saturated heterocycles. The van der Waals surface area contributed by atoms with E-state index in [1.807, 2.05) is 43.3 Å². The first kappa shape index (κ1) is 16.1. The minimum atomic E-state index is -0.0470. The third kappa shape index (κ3) is 3.44. The van der Waals surface area contributed by atoms with Gasteiger partial charge in [0.1, 0.15) is 5.82 Å². The Balaban J connectivity index is 1.84. The zero-order chi connectivity index (χ0) is 16.9. The molecule has 2 aromatic heterocycles. The quantitative estimate of drug-likeness (QED) is 0.652. The van der Waals surface area contributed by atoms with Crippen LogP contribution in [0.2, 0.25) is 0 Å². The van der Waals surface area contributed by atoms with Gasteiger partial charge >= 0.3 is 0 Å². The van der Waals surface area contributed by atoms with Gasteiger partial charge in [0.25, 0.3) is 0 Å². The lowest BCUT2D eigenvalue weighted by molar-refractivity contribution is 0.0991. The maximum Gasteiger partial charge on any atom is 0.170 e. The molecule has 0 amide bonds. The number of aliphatic hydroxyl groups is 1. The summed E-state index contributed by atoms with van der Waals surface area (Å²) in [5.41, 5.74) is 1.32. The summed E-state index contributed by atoms with van der Waals surface area (Å²) in [6, 6.07) is 14.7. The molecule has 2 N–H and O–H groups in total. The number of benzene rings is 1. The summed E-state index contributed by atoms with van der Waals surface area (Å²) < 4.78 is 1.67. The second-order valence-electron chi connectivity index (χ2n) is 5.61. The van der Waals surface area contributed by atoms with Gasteiger partial charge in [0.15, 0.2) is 17.3 Å². The van der Waals surface area contributed by atoms with Gasteiger partial charge in [0.05, 0.1) is 19.1 Å². The molecule has 0 fully saturated rings. The molecule has 0 aliphatic carbocycles. The molecular formula is C18H20N4O2. The molecule has 0 bridgehead atoms. The first-order valence-electron chi connectivity index (χ1n) is 8.01. The summed E-state index contributed by atoms with van der Waals surface area (Å²) in [5, 5.41) is 17.0. The van der Waals surface area contributed by atoms with Crippen LogP contribution in [0.15, 0.2) is 48.5 Å². The lowest BCUT2D eigenvalue weighted by atomic mass is 10.1. The molecule has 6 nitrogen and oxygen atoms in total. The fourth-order valence-electron chi connectivity index (χ4n) is 2.49. The molecular weight excluding hydrogens is 304 g/mol. The van der Waals surface area contributed by atoms with Gasteiger partial charge in [-0.25, -0.2) is 4.98 Å². The Morgan fingerprint density at radius 1 is 1.21 bits per heavy atom. The number of nitrogens with one attached hydrogen (secondary N) is 1. The second-order valence-corrected chi connectivity index (χ2v) is 5.61. The predicted octanol–water partition coefficient (Wildman–Crippen LogP) is 2.34. The second kappa shape index (κ2) is 7.23. The van der Waals surface area contributed by atoms with Crippen LogP contribution in [-0.2, 0) is 6.42 Å². The first-order valence-corrected chi connectivity index (χ1v) is 8.01. The van der Waals surface area contributed by atoms with Crippen LogP contribution in [0, 0.1) is 0 Å². The average molecular weight is 324 g/mol. The molecule has 2 heterocycles. The highest BCUT2D eigenvalue weighted by Gasteiger charge is 2.13. The van der Waals surface area contributed by atoms with E-state index in [9.17, 15) is 9.90 Å². The Labute approximate surface area is 140 Å². The minimum Gasteiger partial charge on any atom is -0.394 e. The van der Waals surface area contributed by atoms with Crippen LogP contribution in [-0.4, -0.2) is 38.1 Å². The number of carbonyl (C=O) groups excluding carboxylic acids is 1. The number of hydrogen-bond donors (Lipinski definition) is 2. The number of aliphatic hydroxyl groups excluding tert-OH is 1. The molecule has 1 unspecified atom stereocenters. The van der Waals surface area contributed by atoms with Crippen molar-refractivity contribution in [1.82, 2.24) is 14.6 Å². The van der Waals surface area contributed by atoms with Crippen molar-refractivity contribution >= 4 is 17.2 Å². The number of rotatable bonds is 7. The predicted molar refractivity (Wildman–Crippen MR) is 92.3 cm³/mol. The lowest BCUT2D eigenvalue weighted by Crippen LogP contribution is -2.24. The minimum absolute atomic E-state index is 0.0113. The van der Waals surface area contributed by atoms with E-state index in [2.05, 4.69) is 15.4 Å². The Kier molecular flexibility index (Phi) is 4.86. The van der Waals surface area contributed by atoms with Crippen molar-refractivity contribution in [2.45, 2.75) is 25.8 Å². The fourth-order valence-corrected chi connectivity index (χ4v) is 2.49. The highest BCUT2D eigenvalue weighted by Crippen LogP contribution is 2.14. The van der Waals surface area contributed by atoms with E-state index in [1.165, 1.54) is 0 Å². The first-order chi connectivity index (χ1) is 11.7. The van der Waals surface area contributed by atoms with E-state index >= 15 is 0 Å². The zero-order valence-electron chi connectivity index (χ0n) is 13.5. The smallest absolute Gasteiger partial charge is 0.170 e. The van der Waals surface area contributed by atoms with Gasteiger partial charge in [-0.3, -0.25) is 4.79 Å². The average Bonchev–Trinajstić information content (AvgIpc) is 3.03. The van der Waals surface area contributed by atoms with Crippen LogP contribution < -0.4 is 5.32 Å². The SMILES string of the molecule is CCC(CO)Nc1cccc2nc(CC(=O)c3ccccc3)nn12. The third-order valence-corrected chi connectivity index (χ3v) is 3.88. The highest BCUT2D eigenvalue weighted by atomic mass is 16.3. The van der Waals surface area contributed by atoms with Gasteiger partial charge in [-0.15, -0.1) is 5.10 Å². The molecule has 0 spiro atoms. The molecule has 1 aromatic carbocycles. The van der Waals surface area contributed by atoms with Crippen molar-refractivity contribution < 1.29 is 9.90 Å². The van der Waals surface area contributed by atoms with Gasteiger partial charge in [-0.1, -0.05) is 43.3 Å². The molecule has 0 saturated carbocycles. The summed E-state index contributed by atoms with van der Waals surface area (Å²) in [4.78, 5) is 16.7. The number of pyridine rings is 1. The van der Waals surface area contributed by atoms with E-state index in [1.54, 1.807) is 16.6 Å². The number of nitrogens with zero attached hydrogens (tertiary/aromatic N) is 3. The fraction of sp³-hybridized carbons (Fsp3) is 0.278. The van der Waals surface area contributed by atoms with E-state index in [0.29, 0.717) is 17.0 Å². The van der Waals surface area contributed by atoms with Crippen molar-refractivity contribution in [1.29, 1.82) is 0 Å².